The van der Waals surface area contributed by atoms with Gasteiger partial charge in [0.05, 0.1) is 11.0 Å². The number of hydrogen-bond donors (Lipinski definition) is 3. The number of rotatable bonds is 6. The summed E-state index contributed by atoms with van der Waals surface area (Å²) in [7, 11) is 0. The molecule has 0 atom stereocenters. The van der Waals surface area contributed by atoms with Crippen LogP contribution in [-0.2, 0) is 16.0 Å². The minimum atomic E-state index is -0.543. The Morgan fingerprint density at radius 1 is 1.17 bits per heavy atom. The van der Waals surface area contributed by atoms with Crippen LogP contribution < -0.4 is 10.6 Å². The number of fused-ring (bicyclic) bond motifs is 1. The molecule has 0 unspecified atom stereocenters. The van der Waals surface area contributed by atoms with Gasteiger partial charge in [-0.1, -0.05) is 12.1 Å². The van der Waals surface area contributed by atoms with E-state index < -0.39 is 11.7 Å². The lowest BCUT2D eigenvalue weighted by Crippen LogP contribution is -2.35. The van der Waals surface area contributed by atoms with E-state index in [1.807, 2.05) is 24.3 Å². The van der Waals surface area contributed by atoms with Crippen LogP contribution in [-0.4, -0.2) is 40.7 Å². The van der Waals surface area contributed by atoms with Gasteiger partial charge in [-0.3, -0.25) is 4.79 Å². The van der Waals surface area contributed by atoms with Gasteiger partial charge >= 0.3 is 6.09 Å². The first-order valence-corrected chi connectivity index (χ1v) is 8.01. The molecule has 3 N–H and O–H groups in total. The van der Waals surface area contributed by atoms with Crippen molar-refractivity contribution in [2.24, 2.45) is 0 Å². The molecule has 2 aromatic rings. The third kappa shape index (κ3) is 5.91. The molecule has 0 saturated carbocycles. The Hall–Kier alpha value is -2.57. The predicted molar refractivity (Wildman–Crippen MR) is 91.7 cm³/mol. The topological polar surface area (TPSA) is 96.1 Å². The Morgan fingerprint density at radius 2 is 1.92 bits per heavy atom. The number of amides is 2. The van der Waals surface area contributed by atoms with Crippen LogP contribution in [0.15, 0.2) is 24.3 Å². The van der Waals surface area contributed by atoms with Crippen molar-refractivity contribution < 1.29 is 14.3 Å². The average Bonchev–Trinajstić information content (AvgIpc) is 2.88. The van der Waals surface area contributed by atoms with Gasteiger partial charge in [0, 0.05) is 25.9 Å². The van der Waals surface area contributed by atoms with E-state index in [1.54, 1.807) is 20.8 Å². The Labute approximate surface area is 141 Å². The zero-order chi connectivity index (χ0) is 17.6. The highest BCUT2D eigenvalue weighted by Crippen LogP contribution is 2.10. The van der Waals surface area contributed by atoms with Crippen molar-refractivity contribution in [1.29, 1.82) is 0 Å². The zero-order valence-corrected chi connectivity index (χ0v) is 14.3. The first-order valence-electron chi connectivity index (χ1n) is 8.01. The van der Waals surface area contributed by atoms with E-state index in [0.29, 0.717) is 13.0 Å². The molecule has 0 saturated heterocycles. The highest BCUT2D eigenvalue weighted by Gasteiger charge is 2.15. The lowest BCUT2D eigenvalue weighted by molar-refractivity contribution is -0.120. The number of benzene rings is 1. The molecule has 0 fully saturated rings. The molecule has 0 aliphatic rings. The second-order valence-electron chi connectivity index (χ2n) is 6.48. The quantitative estimate of drug-likeness (QED) is 0.755. The van der Waals surface area contributed by atoms with E-state index in [0.717, 1.165) is 16.9 Å². The van der Waals surface area contributed by atoms with E-state index in [4.69, 9.17) is 4.74 Å². The van der Waals surface area contributed by atoms with Crippen LogP contribution in [0.1, 0.15) is 33.0 Å². The van der Waals surface area contributed by atoms with Crippen LogP contribution >= 0.6 is 0 Å². The van der Waals surface area contributed by atoms with E-state index in [9.17, 15) is 9.59 Å². The molecule has 1 aromatic heterocycles. The van der Waals surface area contributed by atoms with Crippen LogP contribution in [0.2, 0.25) is 0 Å². The number of H-pyrrole nitrogens is 1. The molecule has 0 bridgehead atoms. The molecular weight excluding hydrogens is 308 g/mol. The Balaban J connectivity index is 1.64. The summed E-state index contributed by atoms with van der Waals surface area (Å²) in [6.45, 7) is 6.10. The summed E-state index contributed by atoms with van der Waals surface area (Å²) < 4.78 is 5.09. The molecular formula is C17H24N4O3. The van der Waals surface area contributed by atoms with E-state index >= 15 is 0 Å². The van der Waals surface area contributed by atoms with Gasteiger partial charge in [-0.05, 0) is 32.9 Å². The molecule has 0 aliphatic carbocycles. The van der Waals surface area contributed by atoms with Crippen LogP contribution in [0, 0.1) is 0 Å². The number of para-hydroxylation sites is 2. The number of hydrogen-bond acceptors (Lipinski definition) is 4. The first-order chi connectivity index (χ1) is 11.3. The molecule has 7 heteroatoms. The lowest BCUT2D eigenvalue weighted by Gasteiger charge is -2.19. The van der Waals surface area contributed by atoms with Crippen LogP contribution in [0.25, 0.3) is 11.0 Å². The zero-order valence-electron chi connectivity index (χ0n) is 14.3. The molecule has 24 heavy (non-hydrogen) atoms. The average molecular weight is 332 g/mol. The lowest BCUT2D eigenvalue weighted by atomic mass is 10.2. The van der Waals surface area contributed by atoms with E-state index in [-0.39, 0.29) is 18.9 Å². The fraction of sp³-hybridized carbons (Fsp3) is 0.471. The Kier molecular flexibility index (Phi) is 5.78. The predicted octanol–water partition coefficient (Wildman–Crippen LogP) is 2.14. The monoisotopic (exact) mass is 332 g/mol. The largest absolute Gasteiger partial charge is 0.444 e. The van der Waals surface area contributed by atoms with E-state index in [2.05, 4.69) is 20.6 Å². The highest BCUT2D eigenvalue weighted by molar-refractivity contribution is 5.77. The molecule has 0 aliphatic heterocycles. The van der Waals surface area contributed by atoms with Gasteiger partial charge in [-0.25, -0.2) is 9.78 Å². The SMILES string of the molecule is CC(C)(C)OC(=O)NCCC(=O)NCCc1nc2ccccc2[nH]1. The Morgan fingerprint density at radius 3 is 2.62 bits per heavy atom. The summed E-state index contributed by atoms with van der Waals surface area (Å²) >= 11 is 0. The van der Waals surface area contributed by atoms with Crippen molar-refractivity contribution in [2.45, 2.75) is 39.2 Å². The number of nitrogens with zero attached hydrogens (tertiary/aromatic N) is 1. The minimum Gasteiger partial charge on any atom is -0.444 e. The molecule has 1 heterocycles. The fourth-order valence-electron chi connectivity index (χ4n) is 2.13. The summed E-state index contributed by atoms with van der Waals surface area (Å²) in [5.41, 5.74) is 1.36. The summed E-state index contributed by atoms with van der Waals surface area (Å²) in [4.78, 5) is 30.8. The van der Waals surface area contributed by atoms with Gasteiger partial charge in [0.2, 0.25) is 5.91 Å². The summed E-state index contributed by atoms with van der Waals surface area (Å²) in [5.74, 6) is 0.713. The smallest absolute Gasteiger partial charge is 0.407 e. The van der Waals surface area contributed by atoms with Gasteiger partial charge in [-0.2, -0.15) is 0 Å². The number of aromatic amines is 1. The second kappa shape index (κ2) is 7.81. The highest BCUT2D eigenvalue weighted by atomic mass is 16.6. The minimum absolute atomic E-state index is 0.123. The van der Waals surface area contributed by atoms with Gasteiger partial charge in [0.15, 0.2) is 0 Å². The third-order valence-electron chi connectivity index (χ3n) is 3.14. The second-order valence-corrected chi connectivity index (χ2v) is 6.48. The number of carbonyl (C=O) groups is 2. The number of aromatic nitrogens is 2. The van der Waals surface area contributed by atoms with Crippen molar-refractivity contribution >= 4 is 23.0 Å². The van der Waals surface area contributed by atoms with Crippen molar-refractivity contribution in [3.63, 3.8) is 0 Å². The van der Waals surface area contributed by atoms with Crippen LogP contribution in [0.3, 0.4) is 0 Å². The maximum atomic E-state index is 11.7. The van der Waals surface area contributed by atoms with Crippen molar-refractivity contribution in [2.75, 3.05) is 13.1 Å². The van der Waals surface area contributed by atoms with Gasteiger partial charge in [0.25, 0.3) is 0 Å². The number of carbonyl (C=O) groups excluding carboxylic acids is 2. The van der Waals surface area contributed by atoms with Crippen LogP contribution in [0.4, 0.5) is 4.79 Å². The molecule has 0 radical (unpaired) electrons. The molecule has 2 amide bonds. The molecule has 1 aromatic carbocycles. The standard InChI is InChI=1S/C17H24N4O3/c1-17(2,3)24-16(23)19-11-9-15(22)18-10-8-14-20-12-6-4-5-7-13(12)21-14/h4-7H,8-11H2,1-3H3,(H,18,22)(H,19,23)(H,20,21). The maximum Gasteiger partial charge on any atom is 0.407 e. The number of alkyl carbamates (subject to hydrolysis) is 1. The summed E-state index contributed by atoms with van der Waals surface area (Å²) in [5, 5.41) is 5.36. The van der Waals surface area contributed by atoms with Crippen LogP contribution in [0.5, 0.6) is 0 Å². The third-order valence-corrected chi connectivity index (χ3v) is 3.14. The number of imidazole rings is 1. The fourth-order valence-corrected chi connectivity index (χ4v) is 2.13. The maximum absolute atomic E-state index is 11.7. The van der Waals surface area contributed by atoms with Gasteiger partial charge < -0.3 is 20.4 Å². The Bertz CT molecular complexity index is 670. The molecule has 7 nitrogen and oxygen atoms in total. The summed E-state index contributed by atoms with van der Waals surface area (Å²) in [6.07, 6.45) is 0.316. The van der Waals surface area contributed by atoms with E-state index in [1.165, 1.54) is 0 Å². The first kappa shape index (κ1) is 17.8. The van der Waals surface area contributed by atoms with Crippen molar-refractivity contribution in [1.82, 2.24) is 20.6 Å². The molecule has 0 spiro atoms. The van der Waals surface area contributed by atoms with Gasteiger partial charge in [-0.15, -0.1) is 0 Å². The normalized spacial score (nSPS) is 11.3. The van der Waals surface area contributed by atoms with Gasteiger partial charge in [0.1, 0.15) is 11.4 Å². The number of ether oxygens (including phenoxy) is 1. The molecule has 2 rings (SSSR count). The summed E-state index contributed by atoms with van der Waals surface area (Å²) in [6, 6.07) is 7.79. The van der Waals surface area contributed by atoms with Crippen molar-refractivity contribution in [3.8, 4) is 0 Å². The van der Waals surface area contributed by atoms with Crippen molar-refractivity contribution in [3.05, 3.63) is 30.1 Å². The molecule has 130 valence electrons. The number of nitrogens with one attached hydrogen (secondary N) is 3.